The molecule has 0 radical (unpaired) electrons. The van der Waals surface area contributed by atoms with Crippen molar-refractivity contribution in [1.82, 2.24) is 4.72 Å². The van der Waals surface area contributed by atoms with Crippen LogP contribution in [0.3, 0.4) is 0 Å². The van der Waals surface area contributed by atoms with Gasteiger partial charge in [0.25, 0.3) is 0 Å². The number of nitrogens with zero attached hydrogens (tertiary/aromatic N) is 1. The third kappa shape index (κ3) is 3.96. The van der Waals surface area contributed by atoms with Gasteiger partial charge in [0, 0.05) is 20.3 Å². The fourth-order valence-corrected chi connectivity index (χ4v) is 2.88. The van der Waals surface area contributed by atoms with Crippen LogP contribution >= 0.6 is 11.6 Å². The minimum absolute atomic E-state index is 0.0827. The zero-order valence-corrected chi connectivity index (χ0v) is 11.4. The minimum atomic E-state index is -3.69. The third-order valence-corrected chi connectivity index (χ3v) is 4.11. The second-order valence-electron chi connectivity index (χ2n) is 3.50. The molecular formula is C11H13ClN2O3S. The third-order valence-electron chi connectivity index (χ3n) is 2.17. The van der Waals surface area contributed by atoms with Crippen LogP contribution in [-0.4, -0.2) is 28.7 Å². The molecule has 0 heterocycles. The van der Waals surface area contributed by atoms with Crippen LogP contribution in [0.1, 0.15) is 12.0 Å². The Morgan fingerprint density at radius 2 is 2.22 bits per heavy atom. The van der Waals surface area contributed by atoms with Crippen molar-refractivity contribution < 1.29 is 13.2 Å². The van der Waals surface area contributed by atoms with E-state index < -0.39 is 10.0 Å². The normalized spacial score (nSPS) is 11.2. The Morgan fingerprint density at radius 3 is 2.83 bits per heavy atom. The quantitative estimate of drug-likeness (QED) is 0.805. The highest BCUT2D eigenvalue weighted by Gasteiger charge is 2.17. The van der Waals surface area contributed by atoms with Crippen LogP contribution in [0.5, 0.6) is 0 Å². The predicted molar refractivity (Wildman–Crippen MR) is 67.8 cm³/mol. The molecule has 0 saturated carbocycles. The van der Waals surface area contributed by atoms with Gasteiger partial charge in [-0.2, -0.15) is 5.26 Å². The highest BCUT2D eigenvalue weighted by atomic mass is 35.5. The van der Waals surface area contributed by atoms with E-state index >= 15 is 0 Å². The standard InChI is InChI=1S/C11H13ClN2O3S/c1-17-6-2-5-14-18(15,16)11-7-9(8-13)3-4-10(11)12/h3-4,7,14H,2,5-6H2,1H3. The van der Waals surface area contributed by atoms with Gasteiger partial charge in [0.05, 0.1) is 16.7 Å². The zero-order valence-electron chi connectivity index (χ0n) is 9.81. The van der Waals surface area contributed by atoms with Crippen LogP contribution in [0.2, 0.25) is 5.02 Å². The number of hydrogen-bond donors (Lipinski definition) is 1. The van der Waals surface area contributed by atoms with Crippen molar-refractivity contribution in [2.24, 2.45) is 0 Å². The molecule has 1 N–H and O–H groups in total. The molecule has 18 heavy (non-hydrogen) atoms. The molecule has 0 spiro atoms. The van der Waals surface area contributed by atoms with E-state index in [1.54, 1.807) is 7.11 Å². The summed E-state index contributed by atoms with van der Waals surface area (Å²) < 4.78 is 31.1. The number of methoxy groups -OCH3 is 1. The molecule has 0 atom stereocenters. The van der Waals surface area contributed by atoms with Gasteiger partial charge in [-0.05, 0) is 24.6 Å². The molecule has 1 rings (SSSR count). The minimum Gasteiger partial charge on any atom is -0.385 e. The van der Waals surface area contributed by atoms with Crippen molar-refractivity contribution in [1.29, 1.82) is 5.26 Å². The van der Waals surface area contributed by atoms with Crippen molar-refractivity contribution in [2.75, 3.05) is 20.3 Å². The Hall–Kier alpha value is -1.13. The first-order valence-corrected chi connectivity index (χ1v) is 7.05. The fraction of sp³-hybridized carbons (Fsp3) is 0.364. The summed E-state index contributed by atoms with van der Waals surface area (Å²) in [6.07, 6.45) is 0.561. The molecule has 1 aromatic carbocycles. The van der Waals surface area contributed by atoms with Crippen molar-refractivity contribution in [2.45, 2.75) is 11.3 Å². The largest absolute Gasteiger partial charge is 0.385 e. The molecule has 0 aliphatic rings. The van der Waals surface area contributed by atoms with Crippen molar-refractivity contribution in [3.8, 4) is 6.07 Å². The van der Waals surface area contributed by atoms with Gasteiger partial charge in [-0.15, -0.1) is 0 Å². The van der Waals surface area contributed by atoms with Crippen molar-refractivity contribution in [3.63, 3.8) is 0 Å². The van der Waals surface area contributed by atoms with Gasteiger partial charge >= 0.3 is 0 Å². The van der Waals surface area contributed by atoms with Crippen LogP contribution in [0.15, 0.2) is 23.1 Å². The van der Waals surface area contributed by atoms with E-state index in [1.165, 1.54) is 18.2 Å². The van der Waals surface area contributed by atoms with Crippen LogP contribution < -0.4 is 4.72 Å². The van der Waals surface area contributed by atoms with Gasteiger partial charge in [0.2, 0.25) is 10.0 Å². The SMILES string of the molecule is COCCCNS(=O)(=O)c1cc(C#N)ccc1Cl. The van der Waals surface area contributed by atoms with Crippen LogP contribution in [0.25, 0.3) is 0 Å². The lowest BCUT2D eigenvalue weighted by molar-refractivity contribution is 0.196. The number of benzene rings is 1. The van der Waals surface area contributed by atoms with Crippen LogP contribution in [-0.2, 0) is 14.8 Å². The lowest BCUT2D eigenvalue weighted by Crippen LogP contribution is -2.25. The van der Waals surface area contributed by atoms with Gasteiger partial charge in [0.15, 0.2) is 0 Å². The zero-order chi connectivity index (χ0) is 13.6. The van der Waals surface area contributed by atoms with E-state index in [1.807, 2.05) is 6.07 Å². The van der Waals surface area contributed by atoms with Gasteiger partial charge in [-0.25, -0.2) is 13.1 Å². The van der Waals surface area contributed by atoms with E-state index in [2.05, 4.69) is 4.72 Å². The summed E-state index contributed by atoms with van der Waals surface area (Å²) in [4.78, 5) is -0.0827. The average Bonchev–Trinajstić information content (AvgIpc) is 2.35. The van der Waals surface area contributed by atoms with E-state index in [0.29, 0.717) is 13.0 Å². The first-order chi connectivity index (χ1) is 8.51. The maximum Gasteiger partial charge on any atom is 0.242 e. The van der Waals surface area contributed by atoms with Crippen LogP contribution in [0, 0.1) is 11.3 Å². The summed E-state index contributed by atoms with van der Waals surface area (Å²) in [6, 6.07) is 5.98. The van der Waals surface area contributed by atoms with Crippen LogP contribution in [0.4, 0.5) is 0 Å². The van der Waals surface area contributed by atoms with Gasteiger partial charge in [0.1, 0.15) is 4.90 Å². The number of nitrogens with one attached hydrogen (secondary N) is 1. The average molecular weight is 289 g/mol. The van der Waals surface area contributed by atoms with E-state index in [0.717, 1.165) is 0 Å². The summed E-state index contributed by atoms with van der Waals surface area (Å²) >= 11 is 5.82. The number of rotatable bonds is 6. The Balaban J connectivity index is 2.88. The Labute approximate surface area is 111 Å². The summed E-state index contributed by atoms with van der Waals surface area (Å²) in [5, 5.41) is 8.83. The molecule has 0 bridgehead atoms. The van der Waals surface area contributed by atoms with Crippen molar-refractivity contribution >= 4 is 21.6 Å². The van der Waals surface area contributed by atoms with E-state index in [4.69, 9.17) is 21.6 Å². The molecular weight excluding hydrogens is 276 g/mol. The molecule has 0 saturated heterocycles. The van der Waals surface area contributed by atoms with E-state index in [9.17, 15) is 8.42 Å². The lowest BCUT2D eigenvalue weighted by atomic mass is 10.2. The van der Waals surface area contributed by atoms with Gasteiger partial charge in [-0.3, -0.25) is 0 Å². The summed E-state index contributed by atoms with van der Waals surface area (Å²) in [7, 11) is -2.15. The molecule has 0 unspecified atom stereocenters. The topological polar surface area (TPSA) is 79.2 Å². The maximum absolute atomic E-state index is 11.9. The molecule has 1 aromatic rings. The Kier molecular flexibility index (Phi) is 5.56. The number of halogens is 1. The van der Waals surface area contributed by atoms with Gasteiger partial charge in [-0.1, -0.05) is 11.6 Å². The molecule has 0 amide bonds. The van der Waals surface area contributed by atoms with E-state index in [-0.39, 0.29) is 22.0 Å². The number of sulfonamides is 1. The molecule has 0 fully saturated rings. The Bertz CT molecular complexity index is 552. The molecule has 98 valence electrons. The molecule has 0 aromatic heterocycles. The lowest BCUT2D eigenvalue weighted by Gasteiger charge is -2.08. The van der Waals surface area contributed by atoms with Gasteiger partial charge < -0.3 is 4.74 Å². The monoisotopic (exact) mass is 288 g/mol. The molecule has 5 nitrogen and oxygen atoms in total. The maximum atomic E-state index is 11.9. The molecule has 0 aliphatic carbocycles. The second-order valence-corrected chi connectivity index (χ2v) is 5.64. The molecule has 7 heteroatoms. The summed E-state index contributed by atoms with van der Waals surface area (Å²) in [5.41, 5.74) is 0.247. The highest BCUT2D eigenvalue weighted by molar-refractivity contribution is 7.89. The fourth-order valence-electron chi connectivity index (χ4n) is 1.28. The number of ether oxygens (including phenoxy) is 1. The van der Waals surface area contributed by atoms with Crippen molar-refractivity contribution in [3.05, 3.63) is 28.8 Å². The summed E-state index contributed by atoms with van der Waals surface area (Å²) in [5.74, 6) is 0. The smallest absolute Gasteiger partial charge is 0.242 e. The summed E-state index contributed by atoms with van der Waals surface area (Å²) in [6.45, 7) is 0.720. The molecule has 0 aliphatic heterocycles. The predicted octanol–water partition coefficient (Wildman–Crippen LogP) is 1.53. The Morgan fingerprint density at radius 1 is 1.50 bits per heavy atom. The first-order valence-electron chi connectivity index (χ1n) is 5.19. The first kappa shape index (κ1) is 14.9. The number of hydrogen-bond acceptors (Lipinski definition) is 4. The number of nitriles is 1. The highest BCUT2D eigenvalue weighted by Crippen LogP contribution is 2.22. The second kappa shape index (κ2) is 6.71.